The van der Waals surface area contributed by atoms with E-state index in [9.17, 15) is 0 Å². The van der Waals surface area contributed by atoms with Gasteiger partial charge in [-0.05, 0) is 27.6 Å². The van der Waals surface area contributed by atoms with Crippen LogP contribution in [-0.2, 0) is 0 Å². The number of benzene rings is 2. The minimum absolute atomic E-state index is 0.502. The fourth-order valence-electron chi connectivity index (χ4n) is 1.64. The fourth-order valence-corrected chi connectivity index (χ4v) is 2.12. The van der Waals surface area contributed by atoms with E-state index in [1.54, 1.807) is 6.08 Å². The molecule has 0 atom stereocenters. The Morgan fingerprint density at radius 2 is 1.82 bits per heavy atom. The van der Waals surface area contributed by atoms with Gasteiger partial charge in [0.15, 0.2) is 0 Å². The lowest BCUT2D eigenvalue weighted by molar-refractivity contribution is 0.362. The molecule has 2 heteroatoms. The third-order valence-electron chi connectivity index (χ3n) is 2.40. The molecule has 0 radical (unpaired) electrons. The molecule has 0 bridgehead atoms. The van der Waals surface area contributed by atoms with Crippen molar-refractivity contribution in [2.45, 2.75) is 0 Å². The molecule has 0 saturated carbocycles. The molecule has 0 amide bonds. The van der Waals surface area contributed by atoms with Gasteiger partial charge in [-0.3, -0.25) is 0 Å². The maximum Gasteiger partial charge on any atom is 0.141 e. The first-order chi connectivity index (χ1) is 8.33. The topological polar surface area (TPSA) is 9.23 Å². The maximum atomic E-state index is 5.71. The normalized spacial score (nSPS) is 9.94. The van der Waals surface area contributed by atoms with Gasteiger partial charge in [-0.15, -0.1) is 0 Å². The molecule has 2 rings (SSSR count). The van der Waals surface area contributed by atoms with E-state index >= 15 is 0 Å². The summed E-state index contributed by atoms with van der Waals surface area (Å²) in [5.74, 6) is 0.860. The third kappa shape index (κ3) is 2.77. The van der Waals surface area contributed by atoms with Crippen LogP contribution in [-0.4, -0.2) is 6.61 Å². The van der Waals surface area contributed by atoms with Crippen molar-refractivity contribution in [1.82, 2.24) is 0 Å². The molecule has 0 aliphatic carbocycles. The summed E-state index contributed by atoms with van der Waals surface area (Å²) in [5.41, 5.74) is 2.23. The quantitative estimate of drug-likeness (QED) is 0.742. The number of halogens is 1. The second-order valence-corrected chi connectivity index (χ2v) is 4.44. The highest BCUT2D eigenvalue weighted by Gasteiger charge is 2.08. The number of rotatable bonds is 4. The number of hydrogen-bond acceptors (Lipinski definition) is 1. The highest BCUT2D eigenvalue weighted by molar-refractivity contribution is 9.10. The minimum Gasteiger partial charge on any atom is -0.488 e. The van der Waals surface area contributed by atoms with E-state index in [1.165, 1.54) is 0 Å². The van der Waals surface area contributed by atoms with Gasteiger partial charge < -0.3 is 4.74 Å². The highest BCUT2D eigenvalue weighted by atomic mass is 79.9. The molecule has 0 heterocycles. The van der Waals surface area contributed by atoms with Crippen LogP contribution in [0, 0.1) is 0 Å². The van der Waals surface area contributed by atoms with Crippen LogP contribution in [0.5, 0.6) is 5.75 Å². The van der Waals surface area contributed by atoms with Gasteiger partial charge in [0.25, 0.3) is 0 Å². The molecule has 0 unspecified atom stereocenters. The molecule has 0 spiro atoms. The van der Waals surface area contributed by atoms with Crippen molar-refractivity contribution in [2.24, 2.45) is 0 Å². The van der Waals surface area contributed by atoms with Crippen LogP contribution < -0.4 is 4.74 Å². The third-order valence-corrected chi connectivity index (χ3v) is 3.02. The van der Waals surface area contributed by atoms with E-state index < -0.39 is 0 Å². The molecule has 17 heavy (non-hydrogen) atoms. The van der Waals surface area contributed by atoms with Gasteiger partial charge in [-0.2, -0.15) is 0 Å². The van der Waals surface area contributed by atoms with Crippen LogP contribution in [0.2, 0.25) is 0 Å². The molecule has 0 saturated heterocycles. The molecule has 86 valence electrons. The average Bonchev–Trinajstić information content (AvgIpc) is 2.38. The minimum atomic E-state index is 0.502. The lowest BCUT2D eigenvalue weighted by atomic mass is 10.1. The largest absolute Gasteiger partial charge is 0.488 e. The molecule has 2 aromatic carbocycles. The summed E-state index contributed by atoms with van der Waals surface area (Å²) in [6.45, 7) is 4.17. The molecule has 1 nitrogen and oxygen atoms in total. The Morgan fingerprint density at radius 3 is 2.53 bits per heavy atom. The molecule has 0 aliphatic heterocycles. The van der Waals surface area contributed by atoms with Gasteiger partial charge in [-0.1, -0.05) is 55.1 Å². The molecule has 0 N–H and O–H groups in total. The molecular formula is C15H13BrO. The smallest absolute Gasteiger partial charge is 0.141 e. The molecule has 2 aromatic rings. The second-order valence-electron chi connectivity index (χ2n) is 3.58. The van der Waals surface area contributed by atoms with Gasteiger partial charge in [0.2, 0.25) is 0 Å². The van der Waals surface area contributed by atoms with Crippen molar-refractivity contribution in [2.75, 3.05) is 6.61 Å². The van der Waals surface area contributed by atoms with E-state index in [1.807, 2.05) is 30.3 Å². The zero-order valence-electron chi connectivity index (χ0n) is 9.40. The van der Waals surface area contributed by atoms with Crippen LogP contribution in [0.25, 0.3) is 11.1 Å². The van der Waals surface area contributed by atoms with Gasteiger partial charge in [0.05, 0.1) is 4.47 Å². The SMILES string of the molecule is C=CCOc1c(Br)cccc1-c1ccccc1. The summed E-state index contributed by atoms with van der Waals surface area (Å²) in [4.78, 5) is 0. The Labute approximate surface area is 110 Å². The van der Waals surface area contributed by atoms with Crippen molar-refractivity contribution in [1.29, 1.82) is 0 Å². The maximum absolute atomic E-state index is 5.71. The zero-order chi connectivity index (χ0) is 12.1. The predicted octanol–water partition coefficient (Wildman–Crippen LogP) is 4.68. The predicted molar refractivity (Wildman–Crippen MR) is 75.3 cm³/mol. The first-order valence-corrected chi connectivity index (χ1v) is 6.20. The van der Waals surface area contributed by atoms with Gasteiger partial charge in [-0.25, -0.2) is 0 Å². The van der Waals surface area contributed by atoms with Crippen LogP contribution >= 0.6 is 15.9 Å². The van der Waals surface area contributed by atoms with E-state index in [2.05, 4.69) is 40.7 Å². The van der Waals surface area contributed by atoms with Gasteiger partial charge >= 0.3 is 0 Å². The highest BCUT2D eigenvalue weighted by Crippen LogP contribution is 2.36. The zero-order valence-corrected chi connectivity index (χ0v) is 11.0. The summed E-state index contributed by atoms with van der Waals surface area (Å²) >= 11 is 3.52. The monoisotopic (exact) mass is 288 g/mol. The van der Waals surface area contributed by atoms with Gasteiger partial charge in [0, 0.05) is 5.56 Å². The molecule has 0 aromatic heterocycles. The molecule has 0 aliphatic rings. The molecular weight excluding hydrogens is 276 g/mol. The summed E-state index contributed by atoms with van der Waals surface area (Å²) in [6.07, 6.45) is 1.74. The summed E-state index contributed by atoms with van der Waals surface area (Å²) in [6, 6.07) is 16.2. The Morgan fingerprint density at radius 1 is 1.06 bits per heavy atom. The Bertz CT molecular complexity index is 506. The van der Waals surface area contributed by atoms with Crippen LogP contribution in [0.1, 0.15) is 0 Å². The summed E-state index contributed by atoms with van der Waals surface area (Å²) in [5, 5.41) is 0. The standard InChI is InChI=1S/C15H13BrO/c1-2-11-17-15-13(9-6-10-14(15)16)12-7-4-3-5-8-12/h2-10H,1,11H2. The Kier molecular flexibility index (Phi) is 3.99. The van der Waals surface area contributed by atoms with E-state index in [4.69, 9.17) is 4.74 Å². The fraction of sp³-hybridized carbons (Fsp3) is 0.0667. The Hall–Kier alpha value is -1.54. The lowest BCUT2D eigenvalue weighted by Gasteiger charge is -2.12. The average molecular weight is 289 g/mol. The van der Waals surface area contributed by atoms with E-state index in [-0.39, 0.29) is 0 Å². The second kappa shape index (κ2) is 5.69. The summed E-state index contributed by atoms with van der Waals surface area (Å²) in [7, 11) is 0. The van der Waals surface area contributed by atoms with Crippen molar-refractivity contribution >= 4 is 15.9 Å². The van der Waals surface area contributed by atoms with Crippen molar-refractivity contribution < 1.29 is 4.74 Å². The van der Waals surface area contributed by atoms with Crippen molar-refractivity contribution in [3.63, 3.8) is 0 Å². The van der Waals surface area contributed by atoms with Gasteiger partial charge in [0.1, 0.15) is 12.4 Å². The van der Waals surface area contributed by atoms with Crippen molar-refractivity contribution in [3.8, 4) is 16.9 Å². The number of para-hydroxylation sites is 1. The van der Waals surface area contributed by atoms with E-state index in [0.29, 0.717) is 6.61 Å². The molecule has 0 fully saturated rings. The first-order valence-electron chi connectivity index (χ1n) is 5.40. The first kappa shape index (κ1) is 11.9. The van der Waals surface area contributed by atoms with Crippen LogP contribution in [0.15, 0.2) is 65.7 Å². The van der Waals surface area contributed by atoms with Crippen LogP contribution in [0.4, 0.5) is 0 Å². The Balaban J connectivity index is 2.46. The summed E-state index contributed by atoms with van der Waals surface area (Å²) < 4.78 is 6.67. The van der Waals surface area contributed by atoms with E-state index in [0.717, 1.165) is 21.3 Å². The van der Waals surface area contributed by atoms with Crippen molar-refractivity contribution in [3.05, 3.63) is 65.7 Å². The number of hydrogen-bond donors (Lipinski definition) is 0. The number of ether oxygens (including phenoxy) is 1. The lowest BCUT2D eigenvalue weighted by Crippen LogP contribution is -1.96. The van der Waals surface area contributed by atoms with Crippen LogP contribution in [0.3, 0.4) is 0 Å².